The highest BCUT2D eigenvalue weighted by atomic mass is 16.3. The van der Waals surface area contributed by atoms with Gasteiger partial charge in [0.25, 0.3) is 0 Å². The molecule has 4 aliphatic rings. The molecule has 0 amide bonds. The molecule has 0 saturated heterocycles. The molecule has 0 radical (unpaired) electrons. The Balaban J connectivity index is 1.76. The Morgan fingerprint density at radius 2 is 1.77 bits per heavy atom. The predicted octanol–water partition coefficient (Wildman–Crippen LogP) is 3.85. The summed E-state index contributed by atoms with van der Waals surface area (Å²) >= 11 is 0. The van der Waals surface area contributed by atoms with E-state index in [4.69, 9.17) is 0 Å². The topological polar surface area (TPSA) is 40.5 Å². The molecule has 2 heteroatoms. The summed E-state index contributed by atoms with van der Waals surface area (Å²) in [6.07, 6.45) is 7.05. The van der Waals surface area contributed by atoms with E-state index in [9.17, 15) is 10.2 Å². The largest absolute Gasteiger partial charge is 0.396 e. The van der Waals surface area contributed by atoms with E-state index in [1.165, 1.54) is 32.1 Å². The van der Waals surface area contributed by atoms with Crippen molar-refractivity contribution >= 4 is 0 Å². The molecule has 22 heavy (non-hydrogen) atoms. The molecule has 0 bridgehead atoms. The zero-order valence-corrected chi connectivity index (χ0v) is 14.8. The molecule has 8 unspecified atom stereocenters. The number of aliphatic hydroxyl groups excluding tert-OH is 2. The smallest absolute Gasteiger partial charge is 0.0601 e. The Hall–Kier alpha value is -0.0800. The van der Waals surface area contributed by atoms with Gasteiger partial charge in [-0.1, -0.05) is 27.7 Å². The van der Waals surface area contributed by atoms with E-state index in [-0.39, 0.29) is 16.9 Å². The van der Waals surface area contributed by atoms with Gasteiger partial charge in [-0.15, -0.1) is 0 Å². The van der Waals surface area contributed by atoms with Crippen molar-refractivity contribution in [1.82, 2.24) is 0 Å². The van der Waals surface area contributed by atoms with E-state index < -0.39 is 0 Å². The van der Waals surface area contributed by atoms with Crippen LogP contribution in [0, 0.1) is 45.8 Å². The lowest BCUT2D eigenvalue weighted by Crippen LogP contribution is -2.55. The quantitative estimate of drug-likeness (QED) is 0.813. The Bertz CT molecular complexity index is 474. The molecule has 2 N–H and O–H groups in total. The lowest BCUT2D eigenvalue weighted by molar-refractivity contribution is -0.136. The maximum atomic E-state index is 10.7. The fourth-order valence-corrected chi connectivity index (χ4v) is 7.32. The summed E-state index contributed by atoms with van der Waals surface area (Å²) in [5.74, 6) is 3.62. The minimum absolute atomic E-state index is 0.0979. The summed E-state index contributed by atoms with van der Waals surface area (Å²) < 4.78 is 0. The van der Waals surface area contributed by atoms with Crippen LogP contribution in [-0.2, 0) is 0 Å². The molecular weight excluding hydrogens is 272 g/mol. The van der Waals surface area contributed by atoms with Crippen molar-refractivity contribution in [2.75, 3.05) is 6.61 Å². The third-order valence-electron chi connectivity index (χ3n) is 8.90. The van der Waals surface area contributed by atoms with Gasteiger partial charge < -0.3 is 10.2 Å². The first-order valence-corrected chi connectivity index (χ1v) is 9.56. The average molecular weight is 306 g/mol. The predicted molar refractivity (Wildman–Crippen MR) is 88.2 cm³/mol. The van der Waals surface area contributed by atoms with Crippen LogP contribution < -0.4 is 0 Å². The van der Waals surface area contributed by atoms with Crippen LogP contribution in [-0.4, -0.2) is 22.9 Å². The minimum Gasteiger partial charge on any atom is -0.396 e. The average Bonchev–Trinajstić information content (AvgIpc) is 3.00. The minimum atomic E-state index is -0.0979. The van der Waals surface area contributed by atoms with Crippen LogP contribution in [0.15, 0.2) is 0 Å². The molecule has 0 aromatic rings. The zero-order chi connectivity index (χ0) is 15.9. The first kappa shape index (κ1) is 15.4. The summed E-state index contributed by atoms with van der Waals surface area (Å²) in [7, 11) is 0. The molecule has 126 valence electrons. The van der Waals surface area contributed by atoms with Crippen molar-refractivity contribution in [3.63, 3.8) is 0 Å². The maximum Gasteiger partial charge on any atom is 0.0601 e. The Morgan fingerprint density at radius 1 is 1.05 bits per heavy atom. The van der Waals surface area contributed by atoms with Gasteiger partial charge in [-0.05, 0) is 84.4 Å². The van der Waals surface area contributed by atoms with E-state index >= 15 is 0 Å². The van der Waals surface area contributed by atoms with Crippen LogP contribution in [0.4, 0.5) is 0 Å². The Kier molecular flexibility index (Phi) is 3.16. The highest BCUT2D eigenvalue weighted by Crippen LogP contribution is 2.76. The lowest BCUT2D eigenvalue weighted by Gasteiger charge is -2.58. The molecule has 8 atom stereocenters. The molecule has 0 heterocycles. The van der Waals surface area contributed by atoms with Crippen LogP contribution in [0.2, 0.25) is 0 Å². The van der Waals surface area contributed by atoms with Crippen molar-refractivity contribution in [2.45, 2.75) is 72.3 Å². The standard InChI is InChI=1S/C20H34O2/c1-12(2)13-5-6-20(11-21)8-7-18(3)10-15(22)19(4)9-14(19)17(18)16(13)20/h12-17,21-22H,5-11H2,1-4H3. The van der Waals surface area contributed by atoms with Gasteiger partial charge in [0.15, 0.2) is 0 Å². The fraction of sp³-hybridized carbons (Fsp3) is 1.00. The molecule has 0 aromatic carbocycles. The molecule has 0 aliphatic heterocycles. The first-order chi connectivity index (χ1) is 10.3. The van der Waals surface area contributed by atoms with Crippen molar-refractivity contribution in [1.29, 1.82) is 0 Å². The number of fused-ring (bicyclic) bond motifs is 5. The van der Waals surface area contributed by atoms with Gasteiger partial charge in [-0.25, -0.2) is 0 Å². The molecule has 4 fully saturated rings. The van der Waals surface area contributed by atoms with E-state index in [2.05, 4.69) is 27.7 Å². The fourth-order valence-electron chi connectivity index (χ4n) is 7.32. The van der Waals surface area contributed by atoms with E-state index in [0.717, 1.165) is 24.2 Å². The monoisotopic (exact) mass is 306 g/mol. The summed E-state index contributed by atoms with van der Waals surface area (Å²) in [6.45, 7) is 9.92. The van der Waals surface area contributed by atoms with Crippen molar-refractivity contribution in [2.24, 2.45) is 45.8 Å². The Morgan fingerprint density at radius 3 is 2.41 bits per heavy atom. The second-order valence-electron chi connectivity index (χ2n) is 10.2. The van der Waals surface area contributed by atoms with Gasteiger partial charge in [-0.2, -0.15) is 0 Å². The van der Waals surface area contributed by atoms with Crippen LogP contribution >= 0.6 is 0 Å². The molecule has 0 aromatic heterocycles. The summed E-state index contributed by atoms with van der Waals surface area (Å²) in [5.41, 5.74) is 0.693. The van der Waals surface area contributed by atoms with E-state index in [0.29, 0.717) is 23.9 Å². The van der Waals surface area contributed by atoms with Gasteiger partial charge in [0.05, 0.1) is 6.10 Å². The normalized spacial score (nSPS) is 59.9. The summed E-state index contributed by atoms with van der Waals surface area (Å²) in [5, 5.41) is 21.0. The van der Waals surface area contributed by atoms with Gasteiger partial charge >= 0.3 is 0 Å². The number of hydrogen-bond donors (Lipinski definition) is 2. The molecule has 4 rings (SSSR count). The molecular formula is C20H34O2. The van der Waals surface area contributed by atoms with Crippen LogP contribution in [0.25, 0.3) is 0 Å². The maximum absolute atomic E-state index is 10.7. The van der Waals surface area contributed by atoms with Gasteiger partial charge in [0, 0.05) is 6.61 Å². The third kappa shape index (κ3) is 1.75. The second kappa shape index (κ2) is 4.51. The summed E-state index contributed by atoms with van der Waals surface area (Å²) in [4.78, 5) is 0. The van der Waals surface area contributed by atoms with Crippen molar-refractivity contribution in [3.05, 3.63) is 0 Å². The zero-order valence-electron chi connectivity index (χ0n) is 14.8. The first-order valence-electron chi connectivity index (χ1n) is 9.56. The highest BCUT2D eigenvalue weighted by Gasteiger charge is 2.71. The molecule has 0 spiro atoms. The lowest BCUT2D eigenvalue weighted by atomic mass is 9.47. The SMILES string of the molecule is CC(C)C1CCC2(CO)CCC3(C)CC(O)C4(C)CC4C3C12. The van der Waals surface area contributed by atoms with Gasteiger partial charge in [0.1, 0.15) is 0 Å². The molecule has 4 saturated carbocycles. The Labute approximate surface area is 135 Å². The number of hydrogen-bond acceptors (Lipinski definition) is 2. The van der Waals surface area contributed by atoms with Gasteiger partial charge in [-0.3, -0.25) is 0 Å². The van der Waals surface area contributed by atoms with Crippen molar-refractivity contribution in [3.8, 4) is 0 Å². The van der Waals surface area contributed by atoms with E-state index in [1.807, 2.05) is 0 Å². The van der Waals surface area contributed by atoms with E-state index in [1.54, 1.807) is 0 Å². The molecule has 4 aliphatic carbocycles. The van der Waals surface area contributed by atoms with Crippen LogP contribution in [0.5, 0.6) is 0 Å². The number of rotatable bonds is 2. The number of aliphatic hydroxyl groups is 2. The second-order valence-corrected chi connectivity index (χ2v) is 10.2. The van der Waals surface area contributed by atoms with Gasteiger partial charge in [0.2, 0.25) is 0 Å². The summed E-state index contributed by atoms with van der Waals surface area (Å²) in [6, 6.07) is 0. The van der Waals surface area contributed by atoms with Crippen molar-refractivity contribution < 1.29 is 10.2 Å². The van der Waals surface area contributed by atoms with Crippen LogP contribution in [0.1, 0.15) is 66.2 Å². The highest BCUT2D eigenvalue weighted by molar-refractivity contribution is 5.20. The van der Waals surface area contributed by atoms with Crippen LogP contribution in [0.3, 0.4) is 0 Å². The third-order valence-corrected chi connectivity index (χ3v) is 8.90. The molecule has 2 nitrogen and oxygen atoms in total.